The number of piperazine rings is 1. The third kappa shape index (κ3) is 4.16. The molecule has 2 amide bonds. The van der Waals surface area contributed by atoms with E-state index in [0.717, 1.165) is 62.3 Å². The molecule has 2 bridgehead atoms. The Hall–Kier alpha value is -2.64. The second kappa shape index (κ2) is 9.19. The predicted molar refractivity (Wildman–Crippen MR) is 133 cm³/mol. The van der Waals surface area contributed by atoms with Gasteiger partial charge < -0.3 is 10.2 Å². The van der Waals surface area contributed by atoms with Crippen LogP contribution in [0.15, 0.2) is 42.7 Å². The zero-order valence-electron chi connectivity index (χ0n) is 19.4. The number of rotatable bonds is 4. The van der Waals surface area contributed by atoms with E-state index >= 15 is 0 Å². The molecule has 3 aliphatic rings. The summed E-state index contributed by atoms with van der Waals surface area (Å²) in [5.74, 6) is 0.705. The molecule has 2 unspecified atom stereocenters. The van der Waals surface area contributed by atoms with Crippen LogP contribution in [-0.4, -0.2) is 61.4 Å². The Kier molecular flexibility index (Phi) is 5.91. The van der Waals surface area contributed by atoms with Crippen molar-refractivity contribution in [3.05, 3.63) is 53.4 Å². The fourth-order valence-electron chi connectivity index (χ4n) is 6.08. The van der Waals surface area contributed by atoms with Crippen molar-refractivity contribution in [2.45, 2.75) is 69.6 Å². The van der Waals surface area contributed by atoms with E-state index in [0.29, 0.717) is 16.8 Å². The number of hydrogen-bond acceptors (Lipinski definition) is 4. The van der Waals surface area contributed by atoms with Gasteiger partial charge in [-0.25, -0.2) is 14.8 Å². The second-order valence-electron chi connectivity index (χ2n) is 9.97. The Balaban J connectivity index is 1.21. The van der Waals surface area contributed by atoms with Gasteiger partial charge in [0.2, 0.25) is 5.78 Å². The van der Waals surface area contributed by atoms with E-state index in [1.807, 2.05) is 36.5 Å². The lowest BCUT2D eigenvalue weighted by atomic mass is 9.96. The Bertz CT molecular complexity index is 1160. The maximum absolute atomic E-state index is 13.2. The van der Waals surface area contributed by atoms with Crippen LogP contribution >= 0.6 is 11.6 Å². The minimum absolute atomic E-state index is 0.153. The topological polar surface area (TPSA) is 65.8 Å². The van der Waals surface area contributed by atoms with E-state index in [4.69, 9.17) is 16.6 Å². The van der Waals surface area contributed by atoms with E-state index < -0.39 is 0 Å². The van der Waals surface area contributed by atoms with Crippen LogP contribution < -0.4 is 5.32 Å². The van der Waals surface area contributed by atoms with Gasteiger partial charge in [-0.3, -0.25) is 9.30 Å². The van der Waals surface area contributed by atoms with Gasteiger partial charge in [-0.1, -0.05) is 43.0 Å². The van der Waals surface area contributed by atoms with Gasteiger partial charge in [0.1, 0.15) is 0 Å². The van der Waals surface area contributed by atoms with E-state index in [1.54, 1.807) is 6.20 Å². The lowest BCUT2D eigenvalue weighted by Gasteiger charge is -2.41. The van der Waals surface area contributed by atoms with Crippen LogP contribution in [0, 0.1) is 0 Å². The highest BCUT2D eigenvalue weighted by Crippen LogP contribution is 2.33. The van der Waals surface area contributed by atoms with Crippen LogP contribution in [0.2, 0.25) is 5.02 Å². The molecule has 2 aromatic heterocycles. The summed E-state index contributed by atoms with van der Waals surface area (Å²) in [6.45, 7) is 2.56. The molecule has 7 nitrogen and oxygen atoms in total. The highest BCUT2D eigenvalue weighted by molar-refractivity contribution is 6.30. The molecule has 2 saturated heterocycles. The smallest absolute Gasteiger partial charge is 0.318 e. The number of halogens is 1. The molecule has 0 radical (unpaired) electrons. The number of likely N-dealkylation sites (tertiary alicyclic amines) is 1. The van der Waals surface area contributed by atoms with Crippen LogP contribution in [0.4, 0.5) is 4.79 Å². The van der Waals surface area contributed by atoms with Crippen molar-refractivity contribution in [3.63, 3.8) is 0 Å². The molecule has 1 saturated carbocycles. The largest absolute Gasteiger partial charge is 0.335 e. The molecular weight excluding hydrogens is 448 g/mol. The third-order valence-electron chi connectivity index (χ3n) is 7.72. The Morgan fingerprint density at radius 3 is 2.50 bits per heavy atom. The number of aromatic nitrogens is 3. The quantitative estimate of drug-likeness (QED) is 0.588. The first-order chi connectivity index (χ1) is 16.7. The van der Waals surface area contributed by atoms with Crippen LogP contribution in [0.5, 0.6) is 0 Å². The predicted octanol–water partition coefficient (Wildman–Crippen LogP) is 4.74. The first kappa shape index (κ1) is 21.9. The van der Waals surface area contributed by atoms with Gasteiger partial charge in [0.15, 0.2) is 0 Å². The van der Waals surface area contributed by atoms with Crippen molar-refractivity contribution in [1.82, 2.24) is 29.5 Å². The van der Waals surface area contributed by atoms with E-state index in [2.05, 4.69) is 24.5 Å². The molecular formula is C26H31ClN6O. The summed E-state index contributed by atoms with van der Waals surface area (Å²) >= 11 is 6.13. The SMILES string of the molecule is O=C(NC1CCCCC1)N1C2CCC1CN(Cc1c(-c3ccc(Cl)cc3)nc3ncccn13)C2. The number of urea groups is 1. The highest BCUT2D eigenvalue weighted by Gasteiger charge is 2.43. The van der Waals surface area contributed by atoms with Crippen molar-refractivity contribution in [3.8, 4) is 11.3 Å². The molecule has 3 aromatic rings. The summed E-state index contributed by atoms with van der Waals surface area (Å²) in [6.07, 6.45) is 12.0. The van der Waals surface area contributed by atoms with Gasteiger partial charge in [0.25, 0.3) is 0 Å². The number of amides is 2. The van der Waals surface area contributed by atoms with Crippen LogP contribution in [0.1, 0.15) is 50.6 Å². The molecule has 1 aromatic carbocycles. The molecule has 3 fully saturated rings. The molecule has 34 heavy (non-hydrogen) atoms. The number of benzene rings is 1. The van der Waals surface area contributed by atoms with Crippen molar-refractivity contribution in [2.75, 3.05) is 13.1 Å². The summed E-state index contributed by atoms with van der Waals surface area (Å²) in [6, 6.07) is 10.9. The molecule has 2 atom stereocenters. The van der Waals surface area contributed by atoms with Crippen LogP contribution in [-0.2, 0) is 6.54 Å². The van der Waals surface area contributed by atoms with Gasteiger partial charge in [0, 0.05) is 60.7 Å². The van der Waals surface area contributed by atoms with Crippen molar-refractivity contribution in [1.29, 1.82) is 0 Å². The average molecular weight is 479 g/mol. The van der Waals surface area contributed by atoms with Crippen molar-refractivity contribution < 1.29 is 4.79 Å². The zero-order valence-corrected chi connectivity index (χ0v) is 20.1. The first-order valence-corrected chi connectivity index (χ1v) is 12.9. The Labute approximate surface area is 205 Å². The number of carbonyl (C=O) groups excluding carboxylic acids is 1. The lowest BCUT2D eigenvalue weighted by Crippen LogP contribution is -2.59. The summed E-state index contributed by atoms with van der Waals surface area (Å²) in [5.41, 5.74) is 3.11. The molecule has 1 aliphatic carbocycles. The van der Waals surface area contributed by atoms with Gasteiger partial charge in [0.05, 0.1) is 11.4 Å². The minimum Gasteiger partial charge on any atom is -0.335 e. The lowest BCUT2D eigenvalue weighted by molar-refractivity contribution is 0.0811. The number of carbonyl (C=O) groups is 1. The fraction of sp³-hybridized carbons (Fsp3) is 0.500. The maximum atomic E-state index is 13.2. The number of fused-ring (bicyclic) bond motifs is 3. The first-order valence-electron chi connectivity index (χ1n) is 12.5. The minimum atomic E-state index is 0.153. The van der Waals surface area contributed by atoms with Crippen molar-refractivity contribution in [2.24, 2.45) is 0 Å². The molecule has 8 heteroatoms. The summed E-state index contributed by atoms with van der Waals surface area (Å²) < 4.78 is 2.09. The van der Waals surface area contributed by atoms with E-state index in [1.165, 1.54) is 19.3 Å². The second-order valence-corrected chi connectivity index (χ2v) is 10.4. The molecule has 6 rings (SSSR count). The van der Waals surface area contributed by atoms with Gasteiger partial charge in [-0.2, -0.15) is 0 Å². The molecule has 178 valence electrons. The Morgan fingerprint density at radius 2 is 1.76 bits per heavy atom. The van der Waals surface area contributed by atoms with Crippen LogP contribution in [0.25, 0.3) is 17.0 Å². The monoisotopic (exact) mass is 478 g/mol. The molecule has 0 spiro atoms. The normalized spacial score (nSPS) is 23.5. The molecule has 4 heterocycles. The zero-order chi connectivity index (χ0) is 23.1. The summed E-state index contributed by atoms with van der Waals surface area (Å²) in [7, 11) is 0. The van der Waals surface area contributed by atoms with Gasteiger partial charge >= 0.3 is 6.03 Å². The summed E-state index contributed by atoms with van der Waals surface area (Å²) in [4.78, 5) is 27.1. The van der Waals surface area contributed by atoms with Crippen LogP contribution in [0.3, 0.4) is 0 Å². The van der Waals surface area contributed by atoms with E-state index in [9.17, 15) is 4.79 Å². The average Bonchev–Trinajstić information content (AvgIpc) is 3.35. The molecule has 1 N–H and O–H groups in total. The Morgan fingerprint density at radius 1 is 1.03 bits per heavy atom. The van der Waals surface area contributed by atoms with E-state index in [-0.39, 0.29) is 18.1 Å². The van der Waals surface area contributed by atoms with Crippen molar-refractivity contribution >= 4 is 23.4 Å². The highest BCUT2D eigenvalue weighted by atomic mass is 35.5. The van der Waals surface area contributed by atoms with Gasteiger partial charge in [-0.05, 0) is 43.9 Å². The number of imidazole rings is 1. The molecule has 2 aliphatic heterocycles. The number of nitrogens with zero attached hydrogens (tertiary/aromatic N) is 5. The number of nitrogens with one attached hydrogen (secondary N) is 1. The maximum Gasteiger partial charge on any atom is 0.318 e. The standard InChI is InChI=1S/C26H31ClN6O/c27-19-9-7-18(8-10-19)24-23(32-14-4-13-28-25(32)30-24)17-31-15-21-11-12-22(16-31)33(21)26(34)29-20-5-2-1-3-6-20/h4,7-10,13-14,20-22H,1-3,5-6,11-12,15-17H2,(H,29,34). The number of hydrogen-bond donors (Lipinski definition) is 1. The van der Waals surface area contributed by atoms with Gasteiger partial charge in [-0.15, -0.1) is 0 Å². The third-order valence-corrected chi connectivity index (χ3v) is 7.97. The summed E-state index contributed by atoms with van der Waals surface area (Å²) in [5, 5.41) is 4.06. The fourth-order valence-corrected chi connectivity index (χ4v) is 6.21.